The van der Waals surface area contributed by atoms with Crippen molar-refractivity contribution >= 4 is 15.9 Å². The van der Waals surface area contributed by atoms with Gasteiger partial charge in [-0.05, 0) is 59.6 Å². The van der Waals surface area contributed by atoms with E-state index in [-0.39, 0.29) is 5.75 Å². The van der Waals surface area contributed by atoms with Gasteiger partial charge in [0.25, 0.3) is 0 Å². The summed E-state index contributed by atoms with van der Waals surface area (Å²) < 4.78 is 0.651. The smallest absolute Gasteiger partial charge is 0.130 e. The van der Waals surface area contributed by atoms with Crippen molar-refractivity contribution < 1.29 is 10.2 Å². The minimum absolute atomic E-state index is 0.213. The van der Waals surface area contributed by atoms with Crippen LogP contribution in [0.5, 0.6) is 5.75 Å². The van der Waals surface area contributed by atoms with Crippen molar-refractivity contribution in [3.05, 3.63) is 27.2 Å². The average molecular weight is 274 g/mol. The highest BCUT2D eigenvalue weighted by Crippen LogP contribution is 2.34. The van der Waals surface area contributed by atoms with E-state index in [0.29, 0.717) is 11.0 Å². The number of aliphatic hydroxyl groups is 1. The monoisotopic (exact) mass is 273 g/mol. The van der Waals surface area contributed by atoms with Gasteiger partial charge in [-0.25, -0.2) is 0 Å². The molecule has 0 aliphatic heterocycles. The Morgan fingerprint density at radius 1 is 1.47 bits per heavy atom. The van der Waals surface area contributed by atoms with Gasteiger partial charge in [-0.2, -0.15) is 0 Å². The van der Waals surface area contributed by atoms with Crippen LogP contribution in [-0.4, -0.2) is 23.8 Å². The molecule has 1 aromatic carbocycles. The lowest BCUT2D eigenvalue weighted by atomic mass is 9.97. The zero-order valence-corrected chi connectivity index (χ0v) is 10.7. The molecule has 1 unspecified atom stereocenters. The molecule has 1 rings (SSSR count). The summed E-state index contributed by atoms with van der Waals surface area (Å²) in [6.07, 6.45) is -0.549. The van der Waals surface area contributed by atoms with Crippen LogP contribution in [0, 0.1) is 13.8 Å². The molecular weight excluding hydrogens is 258 g/mol. The normalized spacial score (nSPS) is 12.9. The Morgan fingerprint density at radius 2 is 2.07 bits per heavy atom. The van der Waals surface area contributed by atoms with E-state index in [4.69, 9.17) is 0 Å². The van der Waals surface area contributed by atoms with E-state index in [9.17, 15) is 10.2 Å². The minimum Gasteiger partial charge on any atom is -0.507 e. The average Bonchev–Trinajstić information content (AvgIpc) is 2.15. The predicted molar refractivity (Wildman–Crippen MR) is 64.2 cm³/mol. The van der Waals surface area contributed by atoms with Gasteiger partial charge in [-0.3, -0.25) is 0 Å². The molecule has 0 amide bonds. The Balaban J connectivity index is 3.23. The molecule has 3 nitrogen and oxygen atoms in total. The van der Waals surface area contributed by atoms with E-state index >= 15 is 0 Å². The van der Waals surface area contributed by atoms with Crippen LogP contribution in [0.25, 0.3) is 0 Å². The fourth-order valence-electron chi connectivity index (χ4n) is 1.76. The standard InChI is InChI=1S/C11H16BrNO2/c1-6-4-8(14)11(12)7(2)10(6)9(15)5-13-3/h4,9,13-15H,5H2,1-3H3. The SMILES string of the molecule is CNCC(O)c1c(C)cc(O)c(Br)c1C. The molecule has 3 N–H and O–H groups in total. The van der Waals surface area contributed by atoms with Crippen molar-refractivity contribution in [2.24, 2.45) is 0 Å². The zero-order chi connectivity index (χ0) is 11.6. The lowest BCUT2D eigenvalue weighted by molar-refractivity contribution is 0.176. The predicted octanol–water partition coefficient (Wildman–Crippen LogP) is 2.02. The van der Waals surface area contributed by atoms with Gasteiger partial charge in [0.2, 0.25) is 0 Å². The molecule has 0 saturated heterocycles. The first-order chi connectivity index (χ1) is 6.99. The van der Waals surface area contributed by atoms with Gasteiger partial charge in [0.15, 0.2) is 0 Å². The van der Waals surface area contributed by atoms with Crippen LogP contribution in [-0.2, 0) is 0 Å². The number of aliphatic hydroxyl groups excluding tert-OH is 1. The Morgan fingerprint density at radius 3 is 2.60 bits per heavy atom. The van der Waals surface area contributed by atoms with E-state index in [1.807, 2.05) is 13.8 Å². The maximum absolute atomic E-state index is 9.93. The number of benzene rings is 1. The summed E-state index contributed by atoms with van der Waals surface area (Å²) in [4.78, 5) is 0. The first kappa shape index (κ1) is 12.5. The molecule has 0 saturated carbocycles. The lowest BCUT2D eigenvalue weighted by Gasteiger charge is -2.18. The highest BCUT2D eigenvalue weighted by atomic mass is 79.9. The van der Waals surface area contributed by atoms with Crippen molar-refractivity contribution in [2.75, 3.05) is 13.6 Å². The third-order valence-corrected chi connectivity index (χ3v) is 3.47. The van der Waals surface area contributed by atoms with Crippen LogP contribution in [0.4, 0.5) is 0 Å². The molecule has 0 fully saturated rings. The van der Waals surface area contributed by atoms with Crippen molar-refractivity contribution in [1.82, 2.24) is 5.32 Å². The molecular formula is C11H16BrNO2. The molecule has 0 aliphatic rings. The van der Waals surface area contributed by atoms with Gasteiger partial charge in [0.1, 0.15) is 5.75 Å². The van der Waals surface area contributed by atoms with E-state index < -0.39 is 6.10 Å². The number of aryl methyl sites for hydroxylation is 1. The minimum atomic E-state index is -0.549. The van der Waals surface area contributed by atoms with Gasteiger partial charge >= 0.3 is 0 Å². The van der Waals surface area contributed by atoms with Crippen molar-refractivity contribution in [2.45, 2.75) is 20.0 Å². The van der Waals surface area contributed by atoms with Crippen molar-refractivity contribution in [1.29, 1.82) is 0 Å². The molecule has 1 aromatic rings. The number of rotatable bonds is 3. The number of hydrogen-bond acceptors (Lipinski definition) is 3. The van der Waals surface area contributed by atoms with Crippen LogP contribution in [0.2, 0.25) is 0 Å². The van der Waals surface area contributed by atoms with Gasteiger partial charge < -0.3 is 15.5 Å². The van der Waals surface area contributed by atoms with E-state index in [0.717, 1.165) is 16.7 Å². The van der Waals surface area contributed by atoms with E-state index in [2.05, 4.69) is 21.2 Å². The largest absolute Gasteiger partial charge is 0.507 e. The van der Waals surface area contributed by atoms with Crippen LogP contribution in [0.1, 0.15) is 22.8 Å². The van der Waals surface area contributed by atoms with Crippen LogP contribution < -0.4 is 5.32 Å². The fraction of sp³-hybridized carbons (Fsp3) is 0.455. The molecule has 4 heteroatoms. The maximum atomic E-state index is 9.93. The molecule has 0 heterocycles. The molecule has 0 aliphatic carbocycles. The Labute approximate surface area is 98.3 Å². The summed E-state index contributed by atoms with van der Waals surface area (Å²) in [5.41, 5.74) is 2.65. The highest BCUT2D eigenvalue weighted by Gasteiger charge is 2.16. The second-order valence-corrected chi connectivity index (χ2v) is 4.43. The molecule has 84 valence electrons. The topological polar surface area (TPSA) is 52.5 Å². The van der Waals surface area contributed by atoms with Crippen LogP contribution in [0.15, 0.2) is 10.5 Å². The van der Waals surface area contributed by atoms with E-state index in [1.54, 1.807) is 13.1 Å². The number of phenolic OH excluding ortho intramolecular Hbond substituents is 1. The molecule has 0 radical (unpaired) electrons. The lowest BCUT2D eigenvalue weighted by Crippen LogP contribution is -2.18. The first-order valence-electron chi connectivity index (χ1n) is 4.80. The summed E-state index contributed by atoms with van der Waals surface area (Å²) in [5.74, 6) is 0.213. The number of halogens is 1. The summed E-state index contributed by atoms with van der Waals surface area (Å²) in [7, 11) is 1.79. The third-order valence-electron chi connectivity index (χ3n) is 2.47. The van der Waals surface area contributed by atoms with Crippen LogP contribution in [0.3, 0.4) is 0 Å². The summed E-state index contributed by atoms with van der Waals surface area (Å²) in [6, 6.07) is 1.66. The second kappa shape index (κ2) is 4.96. The number of hydrogen-bond donors (Lipinski definition) is 3. The Hall–Kier alpha value is -0.580. The summed E-state index contributed by atoms with van der Waals surface area (Å²) >= 11 is 3.30. The summed E-state index contributed by atoms with van der Waals surface area (Å²) in [6.45, 7) is 4.26. The van der Waals surface area contributed by atoms with Gasteiger partial charge in [-0.15, -0.1) is 0 Å². The first-order valence-corrected chi connectivity index (χ1v) is 5.59. The van der Waals surface area contributed by atoms with Gasteiger partial charge in [0, 0.05) is 6.54 Å². The Bertz CT molecular complexity index is 366. The molecule has 0 spiro atoms. The quantitative estimate of drug-likeness (QED) is 0.790. The van der Waals surface area contributed by atoms with Crippen molar-refractivity contribution in [3.8, 4) is 5.75 Å². The second-order valence-electron chi connectivity index (χ2n) is 3.64. The zero-order valence-electron chi connectivity index (χ0n) is 9.13. The molecule has 15 heavy (non-hydrogen) atoms. The van der Waals surface area contributed by atoms with E-state index in [1.165, 1.54) is 0 Å². The van der Waals surface area contributed by atoms with Gasteiger partial charge in [0.05, 0.1) is 10.6 Å². The highest BCUT2D eigenvalue weighted by molar-refractivity contribution is 9.10. The van der Waals surface area contributed by atoms with Crippen molar-refractivity contribution in [3.63, 3.8) is 0 Å². The third kappa shape index (κ3) is 2.51. The number of aromatic hydroxyl groups is 1. The number of nitrogens with one attached hydrogen (secondary N) is 1. The number of phenols is 1. The van der Waals surface area contributed by atoms with Crippen LogP contribution >= 0.6 is 15.9 Å². The Kier molecular flexibility index (Phi) is 4.13. The van der Waals surface area contributed by atoms with Gasteiger partial charge in [-0.1, -0.05) is 0 Å². The molecule has 0 aromatic heterocycles. The fourth-order valence-corrected chi connectivity index (χ4v) is 2.09. The molecule has 1 atom stereocenters. The number of likely N-dealkylation sites (N-methyl/N-ethyl adjacent to an activating group) is 1. The molecule has 0 bridgehead atoms. The maximum Gasteiger partial charge on any atom is 0.130 e. The summed E-state index contributed by atoms with van der Waals surface area (Å²) in [5, 5.41) is 22.4.